The van der Waals surface area contributed by atoms with E-state index in [1.54, 1.807) is 7.05 Å². The summed E-state index contributed by atoms with van der Waals surface area (Å²) in [6.45, 7) is 5.58. The van der Waals surface area contributed by atoms with Crippen molar-refractivity contribution in [3.8, 4) is 0 Å². The Bertz CT molecular complexity index is 1440. The second kappa shape index (κ2) is 18.6. The lowest BCUT2D eigenvalue weighted by molar-refractivity contribution is -0.139. The molecule has 2 fully saturated rings. The second-order valence-electron chi connectivity index (χ2n) is 13.0. The lowest BCUT2D eigenvalue weighted by Crippen LogP contribution is -2.43. The van der Waals surface area contributed by atoms with Crippen molar-refractivity contribution in [2.24, 2.45) is 0 Å². The van der Waals surface area contributed by atoms with E-state index in [1.807, 2.05) is 40.0 Å². The smallest absolute Gasteiger partial charge is 0.320 e. The van der Waals surface area contributed by atoms with Crippen molar-refractivity contribution in [3.05, 3.63) is 36.2 Å². The molecule has 1 aliphatic heterocycles. The summed E-state index contributed by atoms with van der Waals surface area (Å²) in [6, 6.07) is 8.09. The van der Waals surface area contributed by atoms with Crippen LogP contribution in [0.1, 0.15) is 76.3 Å². The second-order valence-corrected chi connectivity index (χ2v) is 13.0. The summed E-state index contributed by atoms with van der Waals surface area (Å²) in [5.41, 5.74) is 1.66. The van der Waals surface area contributed by atoms with E-state index in [-0.39, 0.29) is 24.8 Å². The summed E-state index contributed by atoms with van der Waals surface area (Å²) in [6.07, 6.45) is 13.0. The fraction of sp³-hybridized carbons (Fsp3) is 0.647. The molecular weight excluding hydrogens is 610 g/mol. The predicted octanol–water partition coefficient (Wildman–Crippen LogP) is 2.98. The number of likely N-dealkylation sites (tertiary alicyclic amines) is 1. The Morgan fingerprint density at radius 2 is 1.77 bits per heavy atom. The molecule has 1 aliphatic carbocycles. The van der Waals surface area contributed by atoms with Gasteiger partial charge < -0.3 is 36.6 Å². The first-order valence-electron chi connectivity index (χ1n) is 17.8. The molecular formula is C34H53N11O3. The number of para-hydroxylation sites is 1. The molecule has 48 heavy (non-hydrogen) atoms. The number of aliphatic carboxylic acids is 1. The average Bonchev–Trinajstić information content (AvgIpc) is 3.57. The maximum atomic E-state index is 12.7. The third-order valence-corrected chi connectivity index (χ3v) is 9.41. The number of carbonyl (C=O) groups is 2. The molecule has 1 unspecified atom stereocenters. The molecule has 2 aliphatic rings. The number of hydrogen-bond acceptors (Lipinski definition) is 11. The average molecular weight is 664 g/mol. The number of piperidine rings is 1. The minimum absolute atomic E-state index is 0.00414. The van der Waals surface area contributed by atoms with Gasteiger partial charge >= 0.3 is 5.97 Å². The lowest BCUT2D eigenvalue weighted by Gasteiger charge is -2.33. The van der Waals surface area contributed by atoms with E-state index in [2.05, 4.69) is 36.9 Å². The van der Waals surface area contributed by atoms with Crippen molar-refractivity contribution >= 4 is 34.5 Å². The number of fused-ring (bicyclic) bond motifs is 1. The Labute approximate surface area is 283 Å². The third-order valence-electron chi connectivity index (χ3n) is 9.41. The highest BCUT2D eigenvalue weighted by molar-refractivity contribution is 5.90. The predicted molar refractivity (Wildman–Crippen MR) is 187 cm³/mol. The van der Waals surface area contributed by atoms with E-state index in [1.165, 1.54) is 32.1 Å². The van der Waals surface area contributed by atoms with Gasteiger partial charge in [0.15, 0.2) is 0 Å². The van der Waals surface area contributed by atoms with Gasteiger partial charge in [-0.1, -0.05) is 36.6 Å². The van der Waals surface area contributed by atoms with Gasteiger partial charge in [-0.05, 0) is 83.8 Å². The van der Waals surface area contributed by atoms with Gasteiger partial charge in [0.2, 0.25) is 11.9 Å². The van der Waals surface area contributed by atoms with Gasteiger partial charge in [-0.3, -0.25) is 14.3 Å². The molecule has 14 heteroatoms. The number of nitrogens with one attached hydrogen (secondary N) is 5. The van der Waals surface area contributed by atoms with Crippen molar-refractivity contribution in [1.82, 2.24) is 45.8 Å². The van der Waals surface area contributed by atoms with Crippen LogP contribution < -0.4 is 26.6 Å². The number of aromatic nitrogens is 5. The van der Waals surface area contributed by atoms with Crippen LogP contribution in [0.2, 0.25) is 0 Å². The number of anilines is 2. The maximum absolute atomic E-state index is 12.7. The Balaban J connectivity index is 1.04. The zero-order valence-electron chi connectivity index (χ0n) is 28.3. The lowest BCUT2D eigenvalue weighted by atomic mass is 9.95. The van der Waals surface area contributed by atoms with Gasteiger partial charge in [0.05, 0.1) is 18.3 Å². The van der Waals surface area contributed by atoms with Gasteiger partial charge in [0, 0.05) is 43.5 Å². The van der Waals surface area contributed by atoms with Crippen LogP contribution in [-0.4, -0.2) is 105 Å². The molecule has 262 valence electrons. The van der Waals surface area contributed by atoms with Gasteiger partial charge in [-0.2, -0.15) is 4.98 Å². The number of likely N-dealkylation sites (N-methyl/N-ethyl adjacent to an activating group) is 1. The first-order valence-corrected chi connectivity index (χ1v) is 17.8. The van der Waals surface area contributed by atoms with Crippen LogP contribution in [0.15, 0.2) is 30.5 Å². The molecule has 1 aromatic carbocycles. The number of carbonyl (C=O) groups excluding carboxylic acids is 1. The first-order chi connectivity index (χ1) is 23.5. The van der Waals surface area contributed by atoms with Crippen LogP contribution in [-0.2, 0) is 22.7 Å². The molecule has 3 heterocycles. The van der Waals surface area contributed by atoms with E-state index < -0.39 is 12.0 Å². The standard InChI is InChI=1S/C34H53N11O3/c1-35-30(33(47)48)13-14-31(46)44-21-15-26(16-22-44)39-32-28-11-5-6-12-29(28)40-34(41-32)38-23-27-24-45(43-42-27)20-8-18-36-17-7-19-37-25-9-3-2-4-10-25/h5-6,11-12,24-26,30,35-37H,2-4,7-10,13-23H2,1H3,(H,47,48)(H2,38,39,40,41). The molecule has 2 aromatic heterocycles. The molecule has 1 saturated carbocycles. The van der Waals surface area contributed by atoms with Crippen LogP contribution in [0.4, 0.5) is 11.8 Å². The highest BCUT2D eigenvalue weighted by Crippen LogP contribution is 2.25. The number of nitrogens with zero attached hydrogens (tertiary/aromatic N) is 6. The maximum Gasteiger partial charge on any atom is 0.320 e. The third kappa shape index (κ3) is 10.8. The Morgan fingerprint density at radius 3 is 2.56 bits per heavy atom. The van der Waals surface area contributed by atoms with Crippen LogP contribution >= 0.6 is 0 Å². The number of carboxylic acids is 1. The molecule has 5 rings (SSSR count). The molecule has 0 radical (unpaired) electrons. The summed E-state index contributed by atoms with van der Waals surface area (Å²) >= 11 is 0. The van der Waals surface area contributed by atoms with Crippen molar-refractivity contribution in [2.75, 3.05) is 50.4 Å². The number of aryl methyl sites for hydroxylation is 1. The van der Waals surface area contributed by atoms with E-state index in [0.717, 1.165) is 80.3 Å². The zero-order chi connectivity index (χ0) is 33.6. The number of hydrogen-bond donors (Lipinski definition) is 6. The van der Waals surface area contributed by atoms with Crippen LogP contribution in [0.3, 0.4) is 0 Å². The summed E-state index contributed by atoms with van der Waals surface area (Å²) in [5, 5.41) is 35.7. The molecule has 3 aromatic rings. The van der Waals surface area contributed by atoms with Crippen LogP contribution in [0.25, 0.3) is 10.9 Å². The Kier molecular flexibility index (Phi) is 13.7. The fourth-order valence-electron chi connectivity index (χ4n) is 6.57. The molecule has 6 N–H and O–H groups in total. The van der Waals surface area contributed by atoms with Crippen LogP contribution in [0, 0.1) is 0 Å². The molecule has 14 nitrogen and oxygen atoms in total. The summed E-state index contributed by atoms with van der Waals surface area (Å²) in [7, 11) is 1.60. The normalized spacial score (nSPS) is 16.6. The number of amides is 1. The van der Waals surface area contributed by atoms with Crippen molar-refractivity contribution in [3.63, 3.8) is 0 Å². The largest absolute Gasteiger partial charge is 0.480 e. The highest BCUT2D eigenvalue weighted by atomic mass is 16.4. The van der Waals surface area contributed by atoms with Gasteiger partial charge in [-0.25, -0.2) is 4.98 Å². The molecule has 0 bridgehead atoms. The zero-order valence-corrected chi connectivity index (χ0v) is 28.3. The quantitative estimate of drug-likeness (QED) is 0.104. The Morgan fingerprint density at radius 1 is 0.979 bits per heavy atom. The fourth-order valence-corrected chi connectivity index (χ4v) is 6.57. The highest BCUT2D eigenvalue weighted by Gasteiger charge is 2.25. The monoisotopic (exact) mass is 663 g/mol. The minimum Gasteiger partial charge on any atom is -0.480 e. The van der Waals surface area contributed by atoms with Crippen molar-refractivity contribution < 1.29 is 14.7 Å². The van der Waals surface area contributed by atoms with Crippen molar-refractivity contribution in [2.45, 2.75) is 102 Å². The van der Waals surface area contributed by atoms with E-state index in [9.17, 15) is 14.7 Å². The SMILES string of the molecule is CNC(CCC(=O)N1CCC(Nc2nc(NCc3cn(CCCNCCCNC4CCCCC4)nn3)nc3ccccc23)CC1)C(=O)O. The van der Waals surface area contributed by atoms with E-state index >= 15 is 0 Å². The van der Waals surface area contributed by atoms with Crippen molar-refractivity contribution in [1.29, 1.82) is 0 Å². The molecule has 1 saturated heterocycles. The molecule has 0 spiro atoms. The van der Waals surface area contributed by atoms with Gasteiger partial charge in [0.25, 0.3) is 0 Å². The van der Waals surface area contributed by atoms with E-state index in [4.69, 9.17) is 9.97 Å². The van der Waals surface area contributed by atoms with Gasteiger partial charge in [0.1, 0.15) is 17.6 Å². The Hall–Kier alpha value is -3.88. The summed E-state index contributed by atoms with van der Waals surface area (Å²) in [4.78, 5) is 35.3. The molecule has 1 atom stereocenters. The number of benzene rings is 1. The molecule has 1 amide bonds. The number of rotatable bonds is 19. The summed E-state index contributed by atoms with van der Waals surface area (Å²) < 4.78 is 1.89. The minimum atomic E-state index is -0.937. The summed E-state index contributed by atoms with van der Waals surface area (Å²) in [5.74, 6) is 0.327. The van der Waals surface area contributed by atoms with Gasteiger partial charge in [-0.15, -0.1) is 5.10 Å². The van der Waals surface area contributed by atoms with E-state index in [0.29, 0.717) is 25.6 Å². The number of carboxylic acid groups (broad SMARTS) is 1. The topological polar surface area (TPSA) is 174 Å². The first kappa shape index (κ1) is 35.4. The van der Waals surface area contributed by atoms with Crippen LogP contribution in [0.5, 0.6) is 0 Å².